The van der Waals surface area contributed by atoms with Crippen LogP contribution in [-0.2, 0) is 6.54 Å². The van der Waals surface area contributed by atoms with Crippen LogP contribution in [0.15, 0.2) is 6.20 Å². The van der Waals surface area contributed by atoms with Gasteiger partial charge in [0.2, 0.25) is 0 Å². The van der Waals surface area contributed by atoms with Crippen molar-refractivity contribution < 1.29 is 9.53 Å². The monoisotopic (exact) mass is 297 g/mol. The largest absolute Gasteiger partial charge is 0.493 e. The van der Waals surface area contributed by atoms with Crippen molar-refractivity contribution in [2.75, 3.05) is 33.5 Å². The zero-order valence-corrected chi connectivity index (χ0v) is 13.3. The van der Waals surface area contributed by atoms with Gasteiger partial charge in [0.05, 0.1) is 25.1 Å². The van der Waals surface area contributed by atoms with E-state index < -0.39 is 0 Å². The zero-order chi connectivity index (χ0) is 14.5. The van der Waals surface area contributed by atoms with Crippen molar-refractivity contribution in [1.29, 1.82) is 0 Å². The number of ether oxygens (including phenoxy) is 1. The van der Waals surface area contributed by atoms with E-state index in [-0.39, 0.29) is 11.0 Å². The first kappa shape index (κ1) is 15.4. The van der Waals surface area contributed by atoms with E-state index in [2.05, 4.69) is 10.00 Å². The minimum atomic E-state index is 0.0625. The lowest BCUT2D eigenvalue weighted by atomic mass is 10.1. The number of aromatic nitrogens is 2. The Balaban J connectivity index is 2.18. The van der Waals surface area contributed by atoms with Crippen molar-refractivity contribution in [3.63, 3.8) is 0 Å². The fourth-order valence-corrected chi connectivity index (χ4v) is 3.58. The SMILES string of the molecule is COc1cnn(CCN(C)C)c1C(=O)C1CCCCS1. The average molecular weight is 297 g/mol. The van der Waals surface area contributed by atoms with Crippen LogP contribution in [0, 0.1) is 0 Å². The molecule has 1 aromatic heterocycles. The minimum absolute atomic E-state index is 0.0625. The molecule has 1 unspecified atom stereocenters. The van der Waals surface area contributed by atoms with Gasteiger partial charge < -0.3 is 9.64 Å². The number of methoxy groups -OCH3 is 1. The number of likely N-dealkylation sites (N-methyl/N-ethyl adjacent to an activating group) is 1. The van der Waals surface area contributed by atoms with E-state index in [0.29, 0.717) is 18.0 Å². The molecule has 0 bridgehead atoms. The molecule has 0 saturated carbocycles. The van der Waals surface area contributed by atoms with Crippen LogP contribution in [0.4, 0.5) is 0 Å². The van der Waals surface area contributed by atoms with Gasteiger partial charge in [-0.05, 0) is 32.7 Å². The summed E-state index contributed by atoms with van der Waals surface area (Å²) < 4.78 is 7.11. The summed E-state index contributed by atoms with van der Waals surface area (Å²) in [6, 6.07) is 0. The fraction of sp³-hybridized carbons (Fsp3) is 0.714. The molecule has 112 valence electrons. The molecule has 0 spiro atoms. The molecule has 2 rings (SSSR count). The molecule has 5 nitrogen and oxygen atoms in total. The summed E-state index contributed by atoms with van der Waals surface area (Å²) in [7, 11) is 5.62. The van der Waals surface area contributed by atoms with Gasteiger partial charge in [-0.1, -0.05) is 6.42 Å². The maximum atomic E-state index is 12.7. The number of Topliss-reactive ketones (excluding diaryl/α,β-unsaturated/α-hetero) is 1. The lowest BCUT2D eigenvalue weighted by Crippen LogP contribution is -2.27. The Morgan fingerprint density at radius 2 is 2.35 bits per heavy atom. The lowest BCUT2D eigenvalue weighted by Gasteiger charge is -2.21. The van der Waals surface area contributed by atoms with E-state index in [9.17, 15) is 4.79 Å². The number of hydrogen-bond donors (Lipinski definition) is 0. The average Bonchev–Trinajstić information content (AvgIpc) is 2.88. The fourth-order valence-electron chi connectivity index (χ4n) is 2.33. The molecule has 0 aliphatic carbocycles. The van der Waals surface area contributed by atoms with E-state index in [1.807, 2.05) is 14.1 Å². The maximum Gasteiger partial charge on any atom is 0.197 e. The number of carbonyl (C=O) groups excluding carboxylic acids is 1. The number of thioether (sulfide) groups is 1. The van der Waals surface area contributed by atoms with Gasteiger partial charge in [-0.2, -0.15) is 16.9 Å². The molecule has 0 aromatic carbocycles. The highest BCUT2D eigenvalue weighted by atomic mass is 32.2. The third-order valence-electron chi connectivity index (χ3n) is 3.49. The second-order valence-electron chi connectivity index (χ2n) is 5.31. The predicted molar refractivity (Wildman–Crippen MR) is 81.8 cm³/mol. The molecule has 1 fully saturated rings. The highest BCUT2D eigenvalue weighted by molar-refractivity contribution is 8.00. The number of ketones is 1. The molecule has 0 radical (unpaired) electrons. The molecule has 1 aliphatic heterocycles. The van der Waals surface area contributed by atoms with Crippen molar-refractivity contribution in [3.05, 3.63) is 11.9 Å². The molecule has 1 aromatic rings. The first-order valence-corrected chi connectivity index (χ1v) is 8.08. The minimum Gasteiger partial charge on any atom is -0.493 e. The quantitative estimate of drug-likeness (QED) is 0.751. The lowest BCUT2D eigenvalue weighted by molar-refractivity contribution is 0.0970. The molecule has 0 amide bonds. The number of hydrogen-bond acceptors (Lipinski definition) is 5. The van der Waals surface area contributed by atoms with E-state index in [0.717, 1.165) is 25.1 Å². The Hall–Kier alpha value is -1.01. The second-order valence-corrected chi connectivity index (χ2v) is 6.62. The third-order valence-corrected chi connectivity index (χ3v) is 4.87. The number of nitrogens with zero attached hydrogens (tertiary/aromatic N) is 3. The van der Waals surface area contributed by atoms with Gasteiger partial charge in [-0.15, -0.1) is 0 Å². The molecule has 20 heavy (non-hydrogen) atoms. The Morgan fingerprint density at radius 1 is 1.55 bits per heavy atom. The number of rotatable bonds is 6. The van der Waals surface area contributed by atoms with Gasteiger partial charge in [-0.25, -0.2) is 0 Å². The molecule has 0 N–H and O–H groups in total. The standard InChI is InChI=1S/C14H23N3O2S/c1-16(2)7-8-17-13(11(19-3)10-15-17)14(18)12-6-4-5-9-20-12/h10,12H,4-9H2,1-3H3. The van der Waals surface area contributed by atoms with Crippen molar-refractivity contribution in [3.8, 4) is 5.75 Å². The molecule has 1 saturated heterocycles. The molecule has 1 atom stereocenters. The van der Waals surface area contributed by atoms with Crippen LogP contribution in [0.1, 0.15) is 29.8 Å². The summed E-state index contributed by atoms with van der Waals surface area (Å²) in [5, 5.41) is 4.37. The molecule has 1 aliphatic rings. The first-order chi connectivity index (χ1) is 9.63. The molecule has 6 heteroatoms. The van der Waals surface area contributed by atoms with Crippen molar-refractivity contribution in [1.82, 2.24) is 14.7 Å². The van der Waals surface area contributed by atoms with Gasteiger partial charge in [0, 0.05) is 6.54 Å². The van der Waals surface area contributed by atoms with Crippen LogP contribution in [0.25, 0.3) is 0 Å². The second kappa shape index (κ2) is 7.13. The third kappa shape index (κ3) is 3.55. The van der Waals surface area contributed by atoms with Crippen LogP contribution in [0.3, 0.4) is 0 Å². The summed E-state index contributed by atoms with van der Waals surface area (Å²) in [6.07, 6.45) is 4.96. The molecular formula is C14H23N3O2S. The van der Waals surface area contributed by atoms with Crippen molar-refractivity contribution in [2.24, 2.45) is 0 Å². The van der Waals surface area contributed by atoms with Crippen molar-refractivity contribution >= 4 is 17.5 Å². The molecular weight excluding hydrogens is 274 g/mol. The number of carbonyl (C=O) groups is 1. The van der Waals surface area contributed by atoms with Gasteiger partial charge in [0.15, 0.2) is 11.5 Å². The van der Waals surface area contributed by atoms with Gasteiger partial charge in [0.1, 0.15) is 5.69 Å². The summed E-state index contributed by atoms with van der Waals surface area (Å²) in [4.78, 5) is 14.8. The van der Waals surface area contributed by atoms with Crippen LogP contribution in [0.5, 0.6) is 5.75 Å². The topological polar surface area (TPSA) is 47.4 Å². The Kier molecular flexibility index (Phi) is 5.48. The highest BCUT2D eigenvalue weighted by Crippen LogP contribution is 2.30. The van der Waals surface area contributed by atoms with Crippen LogP contribution in [-0.4, -0.2) is 59.2 Å². The van der Waals surface area contributed by atoms with Gasteiger partial charge in [0.25, 0.3) is 0 Å². The smallest absolute Gasteiger partial charge is 0.197 e. The maximum absolute atomic E-state index is 12.7. The van der Waals surface area contributed by atoms with E-state index in [4.69, 9.17) is 4.74 Å². The zero-order valence-electron chi connectivity index (χ0n) is 12.5. The van der Waals surface area contributed by atoms with Crippen LogP contribution in [0.2, 0.25) is 0 Å². The molecule has 2 heterocycles. The van der Waals surface area contributed by atoms with E-state index in [1.165, 1.54) is 6.42 Å². The normalized spacial score (nSPS) is 19.3. The van der Waals surface area contributed by atoms with E-state index >= 15 is 0 Å². The van der Waals surface area contributed by atoms with Gasteiger partial charge in [-0.3, -0.25) is 9.48 Å². The predicted octanol–water partition coefficient (Wildman–Crippen LogP) is 1.92. The Labute approximate surface area is 124 Å². The first-order valence-electron chi connectivity index (χ1n) is 7.04. The van der Waals surface area contributed by atoms with Gasteiger partial charge >= 0.3 is 0 Å². The Bertz CT molecular complexity index is 453. The highest BCUT2D eigenvalue weighted by Gasteiger charge is 2.28. The summed E-state index contributed by atoms with van der Waals surface area (Å²) in [6.45, 7) is 1.55. The van der Waals surface area contributed by atoms with E-state index in [1.54, 1.807) is 29.8 Å². The summed E-state index contributed by atoms with van der Waals surface area (Å²) >= 11 is 1.77. The summed E-state index contributed by atoms with van der Waals surface area (Å²) in [5.74, 6) is 1.84. The van der Waals surface area contributed by atoms with Crippen LogP contribution < -0.4 is 4.74 Å². The summed E-state index contributed by atoms with van der Waals surface area (Å²) in [5.41, 5.74) is 0.633. The van der Waals surface area contributed by atoms with Crippen molar-refractivity contribution in [2.45, 2.75) is 31.1 Å². The Morgan fingerprint density at radius 3 is 2.95 bits per heavy atom. The van der Waals surface area contributed by atoms with Crippen LogP contribution >= 0.6 is 11.8 Å².